The van der Waals surface area contributed by atoms with E-state index in [2.05, 4.69) is 22.5 Å². The summed E-state index contributed by atoms with van der Waals surface area (Å²) in [6, 6.07) is 6.46. The van der Waals surface area contributed by atoms with E-state index in [0.29, 0.717) is 25.8 Å². The number of likely N-dealkylation sites (tertiary alicyclic amines) is 1. The van der Waals surface area contributed by atoms with E-state index in [1.54, 1.807) is 47.6 Å². The van der Waals surface area contributed by atoms with Crippen molar-refractivity contribution in [2.75, 3.05) is 6.54 Å². The summed E-state index contributed by atoms with van der Waals surface area (Å²) in [5.74, 6) is -2.09. The van der Waals surface area contributed by atoms with Gasteiger partial charge in [-0.05, 0) is 86.6 Å². The molecule has 11 heteroatoms. The monoisotopic (exact) mass is 614 g/mol. The molecule has 244 valence electrons. The Hall–Kier alpha value is -3.89. The molecule has 1 aliphatic heterocycles. The number of nitrogens with zero attached hydrogens (tertiary/aromatic N) is 1. The topological polar surface area (TPSA) is 143 Å². The van der Waals surface area contributed by atoms with Gasteiger partial charge in [-0.2, -0.15) is 0 Å². The van der Waals surface area contributed by atoms with Gasteiger partial charge in [0.25, 0.3) is 0 Å². The highest BCUT2D eigenvalue weighted by Crippen LogP contribution is 2.23. The van der Waals surface area contributed by atoms with Crippen LogP contribution in [0.25, 0.3) is 0 Å². The lowest BCUT2D eigenvalue weighted by Gasteiger charge is -2.33. The SMILES string of the molecule is C=CCC[C@H](NC(=O)OC(C)(C)C)C(=O)NC(C)(C)C(=O)N[C@@H](Cc1ccccc1)C(=O)N1CCC[C@@H]1C(=O)OC(C)(C)C. The van der Waals surface area contributed by atoms with Gasteiger partial charge in [-0.25, -0.2) is 9.59 Å². The van der Waals surface area contributed by atoms with E-state index in [4.69, 9.17) is 9.47 Å². The van der Waals surface area contributed by atoms with Gasteiger partial charge in [-0.1, -0.05) is 36.4 Å². The van der Waals surface area contributed by atoms with Gasteiger partial charge >= 0.3 is 12.1 Å². The molecule has 4 amide bonds. The Kier molecular flexibility index (Phi) is 12.5. The molecule has 1 saturated heterocycles. The molecule has 0 spiro atoms. The van der Waals surface area contributed by atoms with Gasteiger partial charge < -0.3 is 30.3 Å². The van der Waals surface area contributed by atoms with Crippen molar-refractivity contribution in [1.82, 2.24) is 20.9 Å². The summed E-state index contributed by atoms with van der Waals surface area (Å²) in [7, 11) is 0. The van der Waals surface area contributed by atoms with Crippen LogP contribution in [0, 0.1) is 0 Å². The fraction of sp³-hybridized carbons (Fsp3) is 0.606. The lowest BCUT2D eigenvalue weighted by Crippen LogP contribution is -2.62. The van der Waals surface area contributed by atoms with E-state index in [1.165, 1.54) is 18.7 Å². The minimum absolute atomic E-state index is 0.176. The number of esters is 1. The van der Waals surface area contributed by atoms with E-state index >= 15 is 0 Å². The Bertz CT molecular complexity index is 1180. The van der Waals surface area contributed by atoms with Gasteiger partial charge in [-0.3, -0.25) is 14.4 Å². The zero-order valence-electron chi connectivity index (χ0n) is 27.5. The van der Waals surface area contributed by atoms with Crippen molar-refractivity contribution in [1.29, 1.82) is 0 Å². The van der Waals surface area contributed by atoms with Crippen LogP contribution in [-0.4, -0.2) is 76.1 Å². The first-order chi connectivity index (χ1) is 20.3. The molecule has 0 bridgehead atoms. The summed E-state index contributed by atoms with van der Waals surface area (Å²) in [6.07, 6.45) is 2.80. The quantitative estimate of drug-likeness (QED) is 0.240. The maximum absolute atomic E-state index is 13.9. The van der Waals surface area contributed by atoms with E-state index in [-0.39, 0.29) is 12.8 Å². The van der Waals surface area contributed by atoms with Crippen LogP contribution in [0.5, 0.6) is 0 Å². The van der Waals surface area contributed by atoms with Crippen LogP contribution in [0.2, 0.25) is 0 Å². The molecule has 2 rings (SSSR count). The van der Waals surface area contributed by atoms with E-state index in [1.807, 2.05) is 30.3 Å². The van der Waals surface area contributed by atoms with Crippen molar-refractivity contribution in [2.24, 2.45) is 0 Å². The molecule has 1 heterocycles. The van der Waals surface area contributed by atoms with Crippen LogP contribution >= 0.6 is 0 Å². The highest BCUT2D eigenvalue weighted by molar-refractivity contribution is 5.97. The molecule has 1 aromatic carbocycles. The first-order valence-electron chi connectivity index (χ1n) is 15.1. The van der Waals surface area contributed by atoms with Crippen LogP contribution in [0.1, 0.15) is 86.6 Å². The smallest absolute Gasteiger partial charge is 0.408 e. The molecule has 1 aromatic rings. The molecule has 0 aliphatic carbocycles. The Morgan fingerprint density at radius 3 is 2.11 bits per heavy atom. The van der Waals surface area contributed by atoms with Crippen molar-refractivity contribution in [3.63, 3.8) is 0 Å². The summed E-state index contributed by atoms with van der Waals surface area (Å²) < 4.78 is 10.9. The Balaban J connectivity index is 2.25. The van der Waals surface area contributed by atoms with Gasteiger partial charge in [-0.15, -0.1) is 6.58 Å². The fourth-order valence-corrected chi connectivity index (χ4v) is 4.69. The van der Waals surface area contributed by atoms with Crippen molar-refractivity contribution < 1.29 is 33.4 Å². The first kappa shape index (κ1) is 36.3. The maximum atomic E-state index is 13.9. The number of carbonyl (C=O) groups is 5. The Morgan fingerprint density at radius 2 is 1.55 bits per heavy atom. The predicted octanol–water partition coefficient (Wildman–Crippen LogP) is 3.80. The number of alkyl carbamates (subject to hydrolysis) is 1. The van der Waals surface area contributed by atoms with Gasteiger partial charge in [0, 0.05) is 13.0 Å². The number of hydrogen-bond donors (Lipinski definition) is 3. The fourth-order valence-electron chi connectivity index (χ4n) is 4.69. The third kappa shape index (κ3) is 11.7. The Morgan fingerprint density at radius 1 is 0.932 bits per heavy atom. The van der Waals surface area contributed by atoms with E-state index in [0.717, 1.165) is 5.56 Å². The second kappa shape index (κ2) is 15.2. The highest BCUT2D eigenvalue weighted by atomic mass is 16.6. The van der Waals surface area contributed by atoms with Crippen LogP contribution in [-0.2, 0) is 35.1 Å². The van der Waals surface area contributed by atoms with Crippen LogP contribution in [0.4, 0.5) is 4.79 Å². The lowest BCUT2D eigenvalue weighted by molar-refractivity contribution is -0.163. The van der Waals surface area contributed by atoms with Gasteiger partial charge in [0.15, 0.2) is 0 Å². The number of nitrogens with one attached hydrogen (secondary N) is 3. The van der Waals surface area contributed by atoms with Gasteiger partial charge in [0.05, 0.1) is 0 Å². The predicted molar refractivity (Wildman–Crippen MR) is 167 cm³/mol. The number of carbonyl (C=O) groups excluding carboxylic acids is 5. The highest BCUT2D eigenvalue weighted by Gasteiger charge is 2.41. The summed E-state index contributed by atoms with van der Waals surface area (Å²) in [5.41, 5.74) is -2.13. The third-order valence-corrected chi connectivity index (χ3v) is 6.77. The summed E-state index contributed by atoms with van der Waals surface area (Å²) >= 11 is 0. The second-order valence-corrected chi connectivity index (χ2v) is 13.6. The van der Waals surface area contributed by atoms with Crippen molar-refractivity contribution in [2.45, 2.75) is 122 Å². The average Bonchev–Trinajstić information content (AvgIpc) is 3.39. The number of rotatable bonds is 12. The normalized spacial score (nSPS) is 16.7. The van der Waals surface area contributed by atoms with Gasteiger partial charge in [0.1, 0.15) is 34.9 Å². The molecule has 0 saturated carbocycles. The maximum Gasteiger partial charge on any atom is 0.408 e. The lowest BCUT2D eigenvalue weighted by atomic mass is 9.99. The van der Waals surface area contributed by atoms with E-state index < -0.39 is 64.7 Å². The van der Waals surface area contributed by atoms with Crippen LogP contribution in [0.3, 0.4) is 0 Å². The zero-order valence-corrected chi connectivity index (χ0v) is 27.5. The first-order valence-corrected chi connectivity index (χ1v) is 15.1. The number of amides is 4. The number of hydrogen-bond acceptors (Lipinski definition) is 7. The molecule has 11 nitrogen and oxygen atoms in total. The number of ether oxygens (including phenoxy) is 2. The van der Waals surface area contributed by atoms with Crippen LogP contribution < -0.4 is 16.0 Å². The van der Waals surface area contributed by atoms with Crippen molar-refractivity contribution in [3.05, 3.63) is 48.6 Å². The molecular weight excluding hydrogens is 564 g/mol. The molecule has 0 unspecified atom stereocenters. The summed E-state index contributed by atoms with van der Waals surface area (Å²) in [5, 5.41) is 8.11. The molecule has 0 radical (unpaired) electrons. The van der Waals surface area contributed by atoms with E-state index in [9.17, 15) is 24.0 Å². The minimum Gasteiger partial charge on any atom is -0.458 e. The average molecular weight is 615 g/mol. The number of allylic oxidation sites excluding steroid dienone is 1. The standard InChI is InChI=1S/C33H50N4O7/c1-10-11-18-23(35-30(42)44-32(5,6)7)26(38)36-33(8,9)29(41)34-24(21-22-16-13-12-14-17-22)27(39)37-20-15-19-25(37)28(40)43-31(2,3)4/h10,12-14,16-17,23-25H,1,11,15,18-21H2,2-9H3,(H,34,41)(H,35,42)(H,36,38)/t23-,24-,25+/m0/s1. The molecule has 0 aromatic heterocycles. The van der Waals surface area contributed by atoms with Crippen molar-refractivity contribution in [3.8, 4) is 0 Å². The summed E-state index contributed by atoms with van der Waals surface area (Å²) in [4.78, 5) is 67.7. The molecule has 3 atom stereocenters. The summed E-state index contributed by atoms with van der Waals surface area (Å²) in [6.45, 7) is 17.5. The molecule has 1 fully saturated rings. The molecule has 3 N–H and O–H groups in total. The molecule has 44 heavy (non-hydrogen) atoms. The van der Waals surface area contributed by atoms with Crippen molar-refractivity contribution >= 4 is 29.8 Å². The third-order valence-electron chi connectivity index (χ3n) is 6.77. The minimum atomic E-state index is -1.47. The molecule has 1 aliphatic rings. The number of benzene rings is 1. The molecular formula is C33H50N4O7. The Labute approximate surface area is 261 Å². The van der Waals surface area contributed by atoms with Crippen LogP contribution in [0.15, 0.2) is 43.0 Å². The largest absolute Gasteiger partial charge is 0.458 e. The van der Waals surface area contributed by atoms with Gasteiger partial charge in [0.2, 0.25) is 17.7 Å². The zero-order chi connectivity index (χ0) is 33.3. The second-order valence-electron chi connectivity index (χ2n) is 13.6.